The Morgan fingerprint density at radius 2 is 2.16 bits per heavy atom. The maximum atomic E-state index is 11.6. The lowest BCUT2D eigenvalue weighted by molar-refractivity contribution is -0.123. The van der Waals surface area contributed by atoms with Crippen LogP contribution in [0.5, 0.6) is 0 Å². The summed E-state index contributed by atoms with van der Waals surface area (Å²) in [5.74, 6) is 0.317. The molecule has 1 heterocycles. The van der Waals surface area contributed by atoms with E-state index in [9.17, 15) is 9.59 Å². The number of hydrogen-bond donors (Lipinski definition) is 4. The second-order valence-electron chi connectivity index (χ2n) is 4.72. The van der Waals surface area contributed by atoms with Crippen LogP contribution in [0, 0.1) is 12.8 Å². The van der Waals surface area contributed by atoms with Gasteiger partial charge in [-0.2, -0.15) is 0 Å². The number of nitrogens with one attached hydrogen (secondary N) is 3. The molecular weight excluding hydrogens is 246 g/mol. The number of nitrogens with zero attached hydrogens (tertiary/aromatic N) is 1. The topological polar surface area (TPSA) is 113 Å². The zero-order valence-electron chi connectivity index (χ0n) is 11.5. The molecule has 1 aromatic rings. The average molecular weight is 267 g/mol. The molecule has 5 N–H and O–H groups in total. The first-order chi connectivity index (χ1) is 8.90. The van der Waals surface area contributed by atoms with Crippen molar-refractivity contribution in [1.29, 1.82) is 0 Å². The number of nitrogens with two attached hydrogens (primary N) is 1. The van der Waals surface area contributed by atoms with Crippen LogP contribution in [0.15, 0.2) is 10.9 Å². The first-order valence-corrected chi connectivity index (χ1v) is 6.25. The van der Waals surface area contributed by atoms with Gasteiger partial charge in [0.15, 0.2) is 0 Å². The summed E-state index contributed by atoms with van der Waals surface area (Å²) in [6.07, 6.45) is 0. The Morgan fingerprint density at radius 1 is 1.47 bits per heavy atom. The third kappa shape index (κ3) is 5.09. The number of H-pyrrole nitrogens is 1. The number of amides is 1. The highest BCUT2D eigenvalue weighted by Gasteiger charge is 2.15. The van der Waals surface area contributed by atoms with E-state index < -0.39 is 6.04 Å². The van der Waals surface area contributed by atoms with Crippen LogP contribution in [0.1, 0.15) is 19.5 Å². The van der Waals surface area contributed by atoms with Gasteiger partial charge >= 0.3 is 0 Å². The zero-order valence-corrected chi connectivity index (χ0v) is 11.5. The van der Waals surface area contributed by atoms with Gasteiger partial charge in [0, 0.05) is 24.8 Å². The van der Waals surface area contributed by atoms with E-state index in [0.717, 1.165) is 0 Å². The minimum atomic E-state index is -0.503. The molecule has 0 bridgehead atoms. The van der Waals surface area contributed by atoms with Crippen molar-refractivity contribution in [2.24, 2.45) is 11.7 Å². The van der Waals surface area contributed by atoms with E-state index in [1.165, 1.54) is 6.07 Å². The number of anilines is 1. The molecule has 106 valence electrons. The van der Waals surface area contributed by atoms with E-state index in [0.29, 0.717) is 24.7 Å². The maximum absolute atomic E-state index is 11.6. The predicted octanol–water partition coefficient (Wildman–Crippen LogP) is -0.410. The van der Waals surface area contributed by atoms with Gasteiger partial charge in [0.2, 0.25) is 11.9 Å². The van der Waals surface area contributed by atoms with E-state index in [1.807, 2.05) is 13.8 Å². The number of carbonyl (C=O) groups is 1. The van der Waals surface area contributed by atoms with Crippen LogP contribution in [-0.2, 0) is 4.79 Å². The molecule has 7 heteroatoms. The number of aromatic amines is 1. The molecule has 0 fully saturated rings. The lowest BCUT2D eigenvalue weighted by atomic mass is 10.1. The van der Waals surface area contributed by atoms with Crippen LogP contribution in [0.4, 0.5) is 5.95 Å². The Morgan fingerprint density at radius 3 is 2.74 bits per heavy atom. The highest BCUT2D eigenvalue weighted by Crippen LogP contribution is 1.97. The van der Waals surface area contributed by atoms with Crippen LogP contribution in [0.3, 0.4) is 0 Å². The minimum absolute atomic E-state index is 0.0998. The molecule has 1 atom stereocenters. The summed E-state index contributed by atoms with van der Waals surface area (Å²) < 4.78 is 0. The molecule has 1 aromatic heterocycles. The second kappa shape index (κ2) is 6.89. The summed E-state index contributed by atoms with van der Waals surface area (Å²) >= 11 is 0. The summed E-state index contributed by atoms with van der Waals surface area (Å²) in [5.41, 5.74) is 6.13. The molecule has 1 amide bonds. The van der Waals surface area contributed by atoms with Gasteiger partial charge in [-0.25, -0.2) is 4.98 Å². The highest BCUT2D eigenvalue weighted by atomic mass is 16.2. The summed E-state index contributed by atoms with van der Waals surface area (Å²) in [5, 5.41) is 5.64. The van der Waals surface area contributed by atoms with Crippen molar-refractivity contribution >= 4 is 11.9 Å². The average Bonchev–Trinajstić information content (AvgIpc) is 2.32. The molecule has 0 spiro atoms. The van der Waals surface area contributed by atoms with Crippen molar-refractivity contribution in [3.8, 4) is 0 Å². The van der Waals surface area contributed by atoms with Crippen LogP contribution in [-0.4, -0.2) is 35.0 Å². The predicted molar refractivity (Wildman–Crippen MR) is 73.9 cm³/mol. The molecule has 1 rings (SSSR count). The number of hydrogen-bond acceptors (Lipinski definition) is 5. The van der Waals surface area contributed by atoms with Crippen molar-refractivity contribution in [1.82, 2.24) is 15.3 Å². The zero-order chi connectivity index (χ0) is 14.4. The molecule has 0 saturated carbocycles. The molecule has 7 nitrogen and oxygen atoms in total. The van der Waals surface area contributed by atoms with Gasteiger partial charge in [-0.1, -0.05) is 13.8 Å². The Labute approximate surface area is 112 Å². The normalized spacial score (nSPS) is 12.3. The second-order valence-corrected chi connectivity index (χ2v) is 4.72. The smallest absolute Gasteiger partial charge is 0.252 e. The van der Waals surface area contributed by atoms with Crippen LogP contribution < -0.4 is 21.9 Å². The van der Waals surface area contributed by atoms with Gasteiger partial charge in [-0.3, -0.25) is 14.6 Å². The highest BCUT2D eigenvalue weighted by molar-refractivity contribution is 5.81. The SMILES string of the molecule is Cc1cc(=O)[nH]c(NCCNC(=O)[C@H](N)C(C)C)n1. The summed E-state index contributed by atoms with van der Waals surface area (Å²) in [6.45, 7) is 6.40. The number of aryl methyl sites for hydroxylation is 1. The minimum Gasteiger partial charge on any atom is -0.354 e. The van der Waals surface area contributed by atoms with E-state index in [-0.39, 0.29) is 17.4 Å². The molecule has 0 aliphatic rings. The number of rotatable bonds is 6. The van der Waals surface area contributed by atoms with Crippen molar-refractivity contribution in [2.45, 2.75) is 26.8 Å². The Balaban J connectivity index is 2.35. The first-order valence-electron chi connectivity index (χ1n) is 6.25. The molecule has 0 unspecified atom stereocenters. The van der Waals surface area contributed by atoms with Crippen LogP contribution in [0.25, 0.3) is 0 Å². The van der Waals surface area contributed by atoms with Crippen molar-refractivity contribution < 1.29 is 4.79 Å². The fourth-order valence-electron chi connectivity index (χ4n) is 1.45. The maximum Gasteiger partial charge on any atom is 0.252 e. The monoisotopic (exact) mass is 267 g/mol. The molecule has 0 aliphatic carbocycles. The molecule has 0 aliphatic heterocycles. The quantitative estimate of drug-likeness (QED) is 0.523. The Bertz CT molecular complexity index is 483. The largest absolute Gasteiger partial charge is 0.354 e. The lowest BCUT2D eigenvalue weighted by Crippen LogP contribution is -2.45. The summed E-state index contributed by atoms with van der Waals surface area (Å²) in [7, 11) is 0. The number of aromatic nitrogens is 2. The summed E-state index contributed by atoms with van der Waals surface area (Å²) in [6, 6.07) is 0.908. The van der Waals surface area contributed by atoms with Gasteiger partial charge in [-0.15, -0.1) is 0 Å². The standard InChI is InChI=1S/C12H21N5O2/c1-7(2)10(13)11(19)14-4-5-15-12-16-8(3)6-9(18)17-12/h6-7,10H,4-5,13H2,1-3H3,(H,14,19)(H2,15,16,17,18)/t10-/m1/s1. The number of carbonyl (C=O) groups excluding carboxylic acids is 1. The van der Waals surface area contributed by atoms with Crippen molar-refractivity contribution in [3.05, 3.63) is 22.1 Å². The van der Waals surface area contributed by atoms with E-state index >= 15 is 0 Å². The van der Waals surface area contributed by atoms with Crippen LogP contribution in [0.2, 0.25) is 0 Å². The summed E-state index contributed by atoms with van der Waals surface area (Å²) in [4.78, 5) is 29.4. The van der Waals surface area contributed by atoms with Gasteiger partial charge in [0.25, 0.3) is 5.56 Å². The van der Waals surface area contributed by atoms with Crippen molar-refractivity contribution in [3.63, 3.8) is 0 Å². The van der Waals surface area contributed by atoms with Gasteiger partial charge in [-0.05, 0) is 12.8 Å². The molecular formula is C12H21N5O2. The molecule has 0 radical (unpaired) electrons. The molecule has 0 aromatic carbocycles. The third-order valence-electron chi connectivity index (χ3n) is 2.61. The Hall–Kier alpha value is -1.89. The van der Waals surface area contributed by atoms with E-state index in [2.05, 4.69) is 20.6 Å². The van der Waals surface area contributed by atoms with Gasteiger partial charge in [0.05, 0.1) is 6.04 Å². The molecule has 19 heavy (non-hydrogen) atoms. The van der Waals surface area contributed by atoms with Crippen LogP contribution >= 0.6 is 0 Å². The third-order valence-corrected chi connectivity index (χ3v) is 2.61. The lowest BCUT2D eigenvalue weighted by Gasteiger charge is -2.15. The van der Waals surface area contributed by atoms with E-state index in [4.69, 9.17) is 5.73 Å². The van der Waals surface area contributed by atoms with Gasteiger partial charge in [0.1, 0.15) is 0 Å². The molecule has 0 saturated heterocycles. The fourth-order valence-corrected chi connectivity index (χ4v) is 1.45. The van der Waals surface area contributed by atoms with E-state index in [1.54, 1.807) is 6.92 Å². The van der Waals surface area contributed by atoms with Crippen molar-refractivity contribution in [2.75, 3.05) is 18.4 Å². The fraction of sp³-hybridized carbons (Fsp3) is 0.583. The Kier molecular flexibility index (Phi) is 5.50. The first kappa shape index (κ1) is 15.2. The van der Waals surface area contributed by atoms with Gasteiger partial charge < -0.3 is 16.4 Å².